The molecule has 0 heterocycles. The average molecular weight is 489 g/mol. The summed E-state index contributed by atoms with van der Waals surface area (Å²) in [5, 5.41) is 13.3. The van der Waals surface area contributed by atoms with Crippen LogP contribution in [0.1, 0.15) is 98.2 Å². The van der Waals surface area contributed by atoms with Crippen molar-refractivity contribution in [3.05, 3.63) is 0 Å². The van der Waals surface area contributed by atoms with Gasteiger partial charge in [-0.05, 0) is 110 Å². The van der Waals surface area contributed by atoms with Crippen molar-refractivity contribution < 1.29 is 29.7 Å². The normalized spacial score (nSPS) is 51.3. The molecule has 0 bridgehead atoms. The van der Waals surface area contributed by atoms with Crippen LogP contribution in [0, 0.1) is 46.3 Å². The minimum absolute atomic E-state index is 0.00129. The van der Waals surface area contributed by atoms with E-state index < -0.39 is 46.0 Å². The molecular formula is C26H45NO5S. The molecule has 6 nitrogen and oxygen atoms in total. The zero-order valence-corrected chi connectivity index (χ0v) is 21.1. The van der Waals surface area contributed by atoms with E-state index in [2.05, 4.69) is 19.2 Å². The Morgan fingerprint density at radius 2 is 1.88 bits per heavy atom. The molecule has 7 heteroatoms. The van der Waals surface area contributed by atoms with Crippen LogP contribution in [0.3, 0.4) is 0 Å². The summed E-state index contributed by atoms with van der Waals surface area (Å²) >= 11 is 0. The Balaban J connectivity index is 1.45. The molecule has 0 aromatic rings. The molecule has 4 rings (SSSR count). The van der Waals surface area contributed by atoms with Crippen molar-refractivity contribution in [2.75, 3.05) is 12.3 Å². The van der Waals surface area contributed by atoms with E-state index in [1.165, 1.54) is 0 Å². The SMILES string of the molecule is [2H]C1([2H])C[C@]2(C)C3CC[C@]4(C)C([C@H](C)CCC(=O)NCCS(=O)(=O)O)CC[C@H]4[C@@H]3CC[C@@H]2C([2H])([2H])[C@]1([2H])O. The smallest absolute Gasteiger partial charge is 0.266 e. The van der Waals surface area contributed by atoms with Gasteiger partial charge in [0.05, 0.1) is 13.2 Å². The van der Waals surface area contributed by atoms with Gasteiger partial charge in [0.2, 0.25) is 5.91 Å². The summed E-state index contributed by atoms with van der Waals surface area (Å²) < 4.78 is 73.1. The third-order valence-corrected chi connectivity index (χ3v) is 10.8. The van der Waals surface area contributed by atoms with Gasteiger partial charge in [-0.25, -0.2) is 0 Å². The van der Waals surface area contributed by atoms with Crippen LogP contribution in [0.25, 0.3) is 0 Å². The molecule has 9 atom stereocenters. The van der Waals surface area contributed by atoms with Crippen LogP contribution in [0.2, 0.25) is 0 Å². The third kappa shape index (κ3) is 5.02. The maximum Gasteiger partial charge on any atom is 0.266 e. The zero-order valence-electron chi connectivity index (χ0n) is 25.3. The molecule has 0 aliphatic heterocycles. The van der Waals surface area contributed by atoms with Gasteiger partial charge in [0.15, 0.2) is 0 Å². The summed E-state index contributed by atoms with van der Waals surface area (Å²) in [6.45, 7) is 6.46. The highest BCUT2D eigenvalue weighted by Crippen LogP contribution is 2.68. The lowest BCUT2D eigenvalue weighted by molar-refractivity contribution is -0.129. The van der Waals surface area contributed by atoms with Crippen molar-refractivity contribution in [2.45, 2.75) is 97.4 Å². The monoisotopic (exact) mass is 488 g/mol. The van der Waals surface area contributed by atoms with Crippen molar-refractivity contribution in [3.63, 3.8) is 0 Å². The molecule has 190 valence electrons. The molecular weight excluding hydrogens is 438 g/mol. The Morgan fingerprint density at radius 3 is 2.61 bits per heavy atom. The highest BCUT2D eigenvalue weighted by molar-refractivity contribution is 7.85. The number of carbonyl (C=O) groups is 1. The minimum atomic E-state index is -4.10. The van der Waals surface area contributed by atoms with E-state index in [0.29, 0.717) is 42.9 Å². The number of rotatable bonds is 7. The number of carbonyl (C=O) groups excluding carboxylic acids is 1. The Morgan fingerprint density at radius 1 is 1.15 bits per heavy atom. The van der Waals surface area contributed by atoms with Crippen LogP contribution in [0.4, 0.5) is 0 Å². The van der Waals surface area contributed by atoms with E-state index in [1.807, 2.05) is 6.92 Å². The van der Waals surface area contributed by atoms with E-state index in [1.54, 1.807) is 0 Å². The summed E-state index contributed by atoms with van der Waals surface area (Å²) in [4.78, 5) is 12.2. The molecule has 0 aromatic heterocycles. The predicted octanol–water partition coefficient (Wildman–Crippen LogP) is 4.43. The number of nitrogens with one attached hydrogen (secondary N) is 1. The van der Waals surface area contributed by atoms with E-state index in [9.17, 15) is 18.3 Å². The lowest BCUT2D eigenvalue weighted by atomic mass is 9.44. The first-order valence-corrected chi connectivity index (χ1v) is 14.3. The predicted molar refractivity (Wildman–Crippen MR) is 129 cm³/mol. The van der Waals surface area contributed by atoms with Gasteiger partial charge in [-0.2, -0.15) is 8.42 Å². The molecule has 0 saturated heterocycles. The quantitative estimate of drug-likeness (QED) is 0.460. The summed E-state index contributed by atoms with van der Waals surface area (Å²) in [7, 11) is -4.10. The van der Waals surface area contributed by atoms with Crippen molar-refractivity contribution in [1.82, 2.24) is 5.32 Å². The lowest BCUT2D eigenvalue weighted by Crippen LogP contribution is -2.54. The van der Waals surface area contributed by atoms with Gasteiger partial charge < -0.3 is 10.4 Å². The van der Waals surface area contributed by atoms with Crippen LogP contribution in [0.5, 0.6) is 0 Å². The van der Waals surface area contributed by atoms with Crippen LogP contribution in [-0.2, 0) is 14.9 Å². The van der Waals surface area contributed by atoms with Crippen LogP contribution in [0.15, 0.2) is 0 Å². The van der Waals surface area contributed by atoms with Crippen molar-refractivity contribution in [1.29, 1.82) is 0 Å². The molecule has 0 radical (unpaired) electrons. The second-order valence-electron chi connectivity index (χ2n) is 11.7. The summed E-state index contributed by atoms with van der Waals surface area (Å²) in [5.74, 6) is 0.437. The van der Waals surface area contributed by atoms with Gasteiger partial charge in [-0.15, -0.1) is 0 Å². The Hall–Kier alpha value is -0.660. The van der Waals surface area contributed by atoms with Gasteiger partial charge in [0, 0.05) is 18.4 Å². The van der Waals surface area contributed by atoms with E-state index in [-0.39, 0.29) is 30.2 Å². The first kappa shape index (κ1) is 19.5. The van der Waals surface area contributed by atoms with Crippen LogP contribution >= 0.6 is 0 Å². The Labute approximate surface area is 207 Å². The maximum atomic E-state index is 12.2. The second-order valence-corrected chi connectivity index (χ2v) is 13.3. The number of amides is 1. The molecule has 4 aliphatic rings. The molecule has 33 heavy (non-hydrogen) atoms. The van der Waals surface area contributed by atoms with Crippen molar-refractivity contribution in [2.24, 2.45) is 46.3 Å². The zero-order chi connectivity index (χ0) is 28.5. The molecule has 2 unspecified atom stereocenters. The highest BCUT2D eigenvalue weighted by Gasteiger charge is 2.60. The number of fused-ring (bicyclic) bond motifs is 5. The van der Waals surface area contributed by atoms with E-state index in [4.69, 9.17) is 11.4 Å². The van der Waals surface area contributed by atoms with Crippen molar-refractivity contribution >= 4 is 16.0 Å². The molecule has 4 fully saturated rings. The summed E-state index contributed by atoms with van der Waals surface area (Å²) in [6.07, 6.45) is -1.08. The van der Waals surface area contributed by atoms with Crippen LogP contribution < -0.4 is 5.32 Å². The molecule has 0 aromatic carbocycles. The van der Waals surface area contributed by atoms with Crippen LogP contribution in [-0.4, -0.2) is 42.4 Å². The highest BCUT2D eigenvalue weighted by atomic mass is 32.2. The fourth-order valence-electron chi connectivity index (χ4n) is 8.38. The second kappa shape index (κ2) is 9.42. The fraction of sp³-hybridized carbons (Fsp3) is 0.962. The Kier molecular flexibility index (Phi) is 5.57. The van der Waals surface area contributed by atoms with E-state index in [0.717, 1.165) is 32.1 Å². The largest absolute Gasteiger partial charge is 0.393 e. The minimum Gasteiger partial charge on any atom is -0.393 e. The van der Waals surface area contributed by atoms with Gasteiger partial charge in [0.1, 0.15) is 0 Å². The first-order chi connectivity index (χ1) is 17.3. The molecule has 1 amide bonds. The average Bonchev–Trinajstić information content (AvgIpc) is 3.12. The Bertz CT molecular complexity index is 1040. The first-order valence-electron chi connectivity index (χ1n) is 15.2. The van der Waals surface area contributed by atoms with Gasteiger partial charge in [0.25, 0.3) is 10.1 Å². The van der Waals surface area contributed by atoms with Gasteiger partial charge in [-0.3, -0.25) is 9.35 Å². The number of hydrogen-bond acceptors (Lipinski definition) is 4. The molecule has 4 saturated carbocycles. The van der Waals surface area contributed by atoms with E-state index >= 15 is 0 Å². The standard InChI is InChI=1S/C26H45NO5S/c1-17(4-9-24(29)27-14-15-33(30,31)32)21-7-8-22-20-6-5-18-16-19(28)10-12-25(18,2)23(20)11-13-26(21,22)3/h17-23,28H,4-16H2,1-3H3,(H,27,29)(H,30,31,32)/t17-,18-,19-,20+,21?,22+,23?,25+,26-/m1/s1/i10D2,16D2,19D. The van der Waals surface area contributed by atoms with Crippen molar-refractivity contribution in [3.8, 4) is 0 Å². The van der Waals surface area contributed by atoms with Gasteiger partial charge >= 0.3 is 0 Å². The fourth-order valence-corrected chi connectivity index (χ4v) is 8.74. The third-order valence-electron chi connectivity index (χ3n) is 10.1. The summed E-state index contributed by atoms with van der Waals surface area (Å²) in [5.41, 5.74) is -0.525. The lowest BCUT2D eigenvalue weighted by Gasteiger charge is -2.61. The number of aliphatic hydroxyl groups is 1. The molecule has 3 N–H and O–H groups in total. The molecule has 4 aliphatic carbocycles. The number of hydrogen-bond donors (Lipinski definition) is 3. The maximum absolute atomic E-state index is 12.2. The topological polar surface area (TPSA) is 104 Å². The molecule has 0 spiro atoms. The van der Waals surface area contributed by atoms with Gasteiger partial charge in [-0.1, -0.05) is 20.8 Å². The summed E-state index contributed by atoms with van der Waals surface area (Å²) in [6, 6.07) is 0.